The number of rotatable bonds is 11. The Bertz CT molecular complexity index is 1250. The molecule has 0 spiro atoms. The lowest BCUT2D eigenvalue weighted by Crippen LogP contribution is -1.92. The molecule has 0 saturated heterocycles. The number of hydrogen-bond donors (Lipinski definition) is 0. The zero-order chi connectivity index (χ0) is 26.3. The molecule has 37 heavy (non-hydrogen) atoms. The number of hydrogen-bond acceptors (Lipinski definition) is 0. The van der Waals surface area contributed by atoms with Crippen LogP contribution in [0.2, 0.25) is 0 Å². The third-order valence-corrected chi connectivity index (χ3v) is 6.53. The molecule has 0 unspecified atom stereocenters. The van der Waals surface area contributed by atoms with Crippen molar-refractivity contribution in [2.45, 2.75) is 84.5 Å². The van der Waals surface area contributed by atoms with Gasteiger partial charge in [0.25, 0.3) is 0 Å². The molecular formula is C35H38F2. The number of aryl methyl sites for hydroxylation is 2. The molecule has 0 amide bonds. The second kappa shape index (κ2) is 15.7. The number of unbranched alkanes of at least 4 members (excludes halogenated alkanes) is 7. The molecule has 0 atom stereocenters. The van der Waals surface area contributed by atoms with Gasteiger partial charge in [-0.05, 0) is 85.3 Å². The molecule has 0 radical (unpaired) electrons. The Hall–Kier alpha value is -3.36. The number of halogens is 2. The summed E-state index contributed by atoms with van der Waals surface area (Å²) in [6.07, 6.45) is 12.2. The van der Waals surface area contributed by atoms with Crippen LogP contribution in [0.3, 0.4) is 0 Å². The SMILES string of the molecule is CCCCCCCc1ccc(C#Cc2ccc(C#Cc3ccc(CCCCCC)c(F)c3)cc2)c(F)c1. The highest BCUT2D eigenvalue weighted by Gasteiger charge is 2.03. The fourth-order valence-corrected chi connectivity index (χ4v) is 4.24. The van der Waals surface area contributed by atoms with E-state index in [2.05, 4.69) is 37.5 Å². The molecule has 0 nitrogen and oxygen atoms in total. The van der Waals surface area contributed by atoms with Gasteiger partial charge < -0.3 is 0 Å². The van der Waals surface area contributed by atoms with Crippen LogP contribution < -0.4 is 0 Å². The van der Waals surface area contributed by atoms with Crippen molar-refractivity contribution in [2.75, 3.05) is 0 Å². The van der Waals surface area contributed by atoms with Crippen molar-refractivity contribution in [1.82, 2.24) is 0 Å². The lowest BCUT2D eigenvalue weighted by Gasteiger charge is -2.03. The summed E-state index contributed by atoms with van der Waals surface area (Å²) in [6.45, 7) is 4.38. The van der Waals surface area contributed by atoms with Crippen LogP contribution in [-0.4, -0.2) is 0 Å². The van der Waals surface area contributed by atoms with E-state index < -0.39 is 0 Å². The average molecular weight is 497 g/mol. The molecule has 3 aromatic rings. The molecule has 0 aliphatic heterocycles. The molecule has 3 rings (SSSR count). The Morgan fingerprint density at radius 1 is 0.514 bits per heavy atom. The fourth-order valence-electron chi connectivity index (χ4n) is 4.24. The van der Waals surface area contributed by atoms with Crippen LogP contribution in [-0.2, 0) is 12.8 Å². The Labute approximate surface area is 222 Å². The molecule has 192 valence electrons. The van der Waals surface area contributed by atoms with Crippen molar-refractivity contribution >= 4 is 0 Å². The van der Waals surface area contributed by atoms with Gasteiger partial charge in [-0.3, -0.25) is 0 Å². The van der Waals surface area contributed by atoms with Gasteiger partial charge in [0.05, 0.1) is 5.56 Å². The first kappa shape index (κ1) is 28.2. The van der Waals surface area contributed by atoms with Crippen LogP contribution in [0.4, 0.5) is 8.78 Å². The van der Waals surface area contributed by atoms with Crippen molar-refractivity contribution in [3.8, 4) is 23.7 Å². The van der Waals surface area contributed by atoms with E-state index >= 15 is 0 Å². The second-order valence-corrected chi connectivity index (χ2v) is 9.67. The quantitative estimate of drug-likeness (QED) is 0.183. The summed E-state index contributed by atoms with van der Waals surface area (Å²) in [4.78, 5) is 0. The topological polar surface area (TPSA) is 0 Å². The Balaban J connectivity index is 1.56. The third-order valence-electron chi connectivity index (χ3n) is 6.53. The van der Waals surface area contributed by atoms with Crippen molar-refractivity contribution in [3.05, 3.63) is 106 Å². The van der Waals surface area contributed by atoms with E-state index in [0.29, 0.717) is 11.1 Å². The Kier molecular flexibility index (Phi) is 12.0. The zero-order valence-electron chi connectivity index (χ0n) is 22.3. The molecule has 0 N–H and O–H groups in total. The smallest absolute Gasteiger partial charge is 0.139 e. The lowest BCUT2D eigenvalue weighted by atomic mass is 10.0. The molecule has 3 aromatic carbocycles. The standard InChI is InChI=1S/C35H38F2/c1-3-5-7-9-10-12-30-21-25-33(35(37)26-30)23-20-29-16-14-28(15-17-29)18-19-31-22-24-32(34(36)27-31)13-11-8-6-4-2/h14-17,21-22,24-27H,3-13H2,1-2H3. The highest BCUT2D eigenvalue weighted by Crippen LogP contribution is 2.15. The van der Waals surface area contributed by atoms with Gasteiger partial charge in [0.2, 0.25) is 0 Å². The predicted molar refractivity (Wildman–Crippen MR) is 152 cm³/mol. The molecule has 0 heterocycles. The average Bonchev–Trinajstić information content (AvgIpc) is 2.91. The van der Waals surface area contributed by atoms with Gasteiger partial charge in [-0.2, -0.15) is 0 Å². The van der Waals surface area contributed by atoms with Gasteiger partial charge >= 0.3 is 0 Å². The van der Waals surface area contributed by atoms with Crippen LogP contribution in [0, 0.1) is 35.3 Å². The van der Waals surface area contributed by atoms with E-state index in [4.69, 9.17) is 0 Å². The van der Waals surface area contributed by atoms with Crippen LogP contribution in [0.1, 0.15) is 105 Å². The minimum absolute atomic E-state index is 0.179. The van der Waals surface area contributed by atoms with E-state index in [1.165, 1.54) is 44.6 Å². The van der Waals surface area contributed by atoms with Crippen LogP contribution in [0.15, 0.2) is 60.7 Å². The first-order valence-electron chi connectivity index (χ1n) is 13.8. The molecule has 0 saturated carbocycles. The summed E-state index contributed by atoms with van der Waals surface area (Å²) in [7, 11) is 0. The van der Waals surface area contributed by atoms with Crippen molar-refractivity contribution in [1.29, 1.82) is 0 Å². The maximum atomic E-state index is 14.5. The van der Waals surface area contributed by atoms with E-state index in [1.807, 2.05) is 42.5 Å². The first-order chi connectivity index (χ1) is 18.1. The molecule has 0 bridgehead atoms. The summed E-state index contributed by atoms with van der Waals surface area (Å²) >= 11 is 0. The molecule has 0 fully saturated rings. The largest absolute Gasteiger partial charge is 0.207 e. The highest BCUT2D eigenvalue weighted by molar-refractivity contribution is 5.48. The van der Waals surface area contributed by atoms with Gasteiger partial charge in [-0.25, -0.2) is 8.78 Å². The van der Waals surface area contributed by atoms with E-state index in [0.717, 1.165) is 54.4 Å². The minimum Gasteiger partial charge on any atom is -0.207 e. The Morgan fingerprint density at radius 3 is 1.73 bits per heavy atom. The van der Waals surface area contributed by atoms with Gasteiger partial charge in [0.1, 0.15) is 11.6 Å². The molecular weight excluding hydrogens is 458 g/mol. The normalized spacial score (nSPS) is 10.4. The summed E-state index contributed by atoms with van der Waals surface area (Å²) < 4.78 is 28.9. The van der Waals surface area contributed by atoms with Gasteiger partial charge in [0.15, 0.2) is 0 Å². The minimum atomic E-state index is -0.264. The highest BCUT2D eigenvalue weighted by atomic mass is 19.1. The van der Waals surface area contributed by atoms with Crippen LogP contribution in [0.25, 0.3) is 0 Å². The van der Waals surface area contributed by atoms with Gasteiger partial charge in [0, 0.05) is 16.7 Å². The molecule has 0 aliphatic carbocycles. The van der Waals surface area contributed by atoms with E-state index in [9.17, 15) is 8.78 Å². The number of benzene rings is 3. The first-order valence-corrected chi connectivity index (χ1v) is 13.8. The maximum Gasteiger partial charge on any atom is 0.139 e. The lowest BCUT2D eigenvalue weighted by molar-refractivity contribution is 0.593. The molecule has 2 heteroatoms. The van der Waals surface area contributed by atoms with Crippen molar-refractivity contribution in [3.63, 3.8) is 0 Å². The fraction of sp³-hybridized carbons (Fsp3) is 0.371. The maximum absolute atomic E-state index is 14.5. The van der Waals surface area contributed by atoms with Crippen LogP contribution >= 0.6 is 0 Å². The van der Waals surface area contributed by atoms with Crippen molar-refractivity contribution in [2.24, 2.45) is 0 Å². The van der Waals surface area contributed by atoms with Crippen LogP contribution in [0.5, 0.6) is 0 Å². The Morgan fingerprint density at radius 2 is 1.08 bits per heavy atom. The summed E-state index contributed by atoms with van der Waals surface area (Å²) in [6, 6.07) is 18.1. The monoisotopic (exact) mass is 496 g/mol. The second-order valence-electron chi connectivity index (χ2n) is 9.67. The molecule has 0 aromatic heterocycles. The molecule has 0 aliphatic rings. The van der Waals surface area contributed by atoms with Gasteiger partial charge in [-0.15, -0.1) is 0 Å². The summed E-state index contributed by atoms with van der Waals surface area (Å²) in [5, 5.41) is 0. The van der Waals surface area contributed by atoms with Gasteiger partial charge in [-0.1, -0.05) is 94.6 Å². The van der Waals surface area contributed by atoms with Crippen molar-refractivity contribution < 1.29 is 8.78 Å². The summed E-state index contributed by atoms with van der Waals surface area (Å²) in [5.41, 5.74) is 4.49. The predicted octanol–water partition coefficient (Wildman–Crippen LogP) is 9.40. The third kappa shape index (κ3) is 9.90. The zero-order valence-corrected chi connectivity index (χ0v) is 22.3. The van der Waals surface area contributed by atoms with E-state index in [1.54, 1.807) is 12.1 Å². The van der Waals surface area contributed by atoms with E-state index in [-0.39, 0.29) is 11.6 Å². The summed E-state index contributed by atoms with van der Waals surface area (Å²) in [5.74, 6) is 11.7.